The molecule has 3 aliphatic heterocycles. The van der Waals surface area contributed by atoms with Crippen molar-refractivity contribution < 1.29 is 17.0 Å². The van der Waals surface area contributed by atoms with E-state index in [1.807, 2.05) is 32.2 Å². The Morgan fingerprint density at radius 1 is 0.750 bits per heavy atom. The summed E-state index contributed by atoms with van der Waals surface area (Å²) in [6.45, 7) is 29.8. The highest BCUT2D eigenvalue weighted by Gasteiger charge is 2.66. The van der Waals surface area contributed by atoms with Gasteiger partial charge in [0.1, 0.15) is 22.6 Å². The average molecular weight is 748 g/mol. The normalized spacial score (nSPS) is 22.7. The molecule has 1 aliphatic carbocycles. The van der Waals surface area contributed by atoms with Gasteiger partial charge in [-0.2, -0.15) is 0 Å². The van der Waals surface area contributed by atoms with Gasteiger partial charge in [0.25, 0.3) is 0 Å². The number of rotatable bonds is 3. The molecule has 0 fully saturated rings. The molecule has 56 heavy (non-hydrogen) atoms. The van der Waals surface area contributed by atoms with Crippen LogP contribution in [0.25, 0.3) is 0 Å². The van der Waals surface area contributed by atoms with E-state index in [1.165, 1.54) is 11.1 Å². The Balaban J connectivity index is 1.20. The molecule has 9 rings (SSSR count). The third-order valence-electron chi connectivity index (χ3n) is 12.8. The number of hydrogen-bond donors (Lipinski definition) is 0. The number of aromatic nitrogens is 1. The highest BCUT2D eigenvalue weighted by atomic mass is 16.5. The number of aliphatic imine (C=N–C) groups is 1. The molecule has 6 heteroatoms. The summed E-state index contributed by atoms with van der Waals surface area (Å²) in [5.74, 6) is 4.10. The predicted octanol–water partition coefficient (Wildman–Crippen LogP) is 13.0. The Hall–Kier alpha value is -5.10. The minimum atomic E-state index is -1.82. The molecule has 0 radical (unpaired) electrons. The molecular weight excluding hydrogens is 691 g/mol. The molecule has 0 N–H and O–H groups in total. The summed E-state index contributed by atoms with van der Waals surface area (Å²) >= 11 is 0. The zero-order valence-corrected chi connectivity index (χ0v) is 35.4. The van der Waals surface area contributed by atoms with Crippen LogP contribution in [-0.2, 0) is 27.5 Å². The molecule has 2 atom stereocenters. The lowest BCUT2D eigenvalue weighted by atomic mass is 9.66. The second-order valence-electron chi connectivity index (χ2n) is 19.4. The molecule has 5 aromatic rings. The van der Waals surface area contributed by atoms with Gasteiger partial charge in [-0.05, 0) is 139 Å². The van der Waals surface area contributed by atoms with Crippen molar-refractivity contribution >= 4 is 23.1 Å². The Kier molecular flexibility index (Phi) is 7.01. The number of aryl methyl sites for hydroxylation is 5. The van der Waals surface area contributed by atoms with E-state index in [2.05, 4.69) is 137 Å². The Labute approximate surface area is 335 Å². The first-order valence-electron chi connectivity index (χ1n) is 20.9. The first kappa shape index (κ1) is 34.2. The van der Waals surface area contributed by atoms with E-state index in [0.717, 1.165) is 78.9 Å². The van der Waals surface area contributed by atoms with E-state index in [-0.39, 0.29) is 10.8 Å². The summed E-state index contributed by atoms with van der Waals surface area (Å²) in [4.78, 5) is 12.6. The van der Waals surface area contributed by atoms with Crippen molar-refractivity contribution in [2.75, 3.05) is 4.90 Å². The predicted molar refractivity (Wildman–Crippen MR) is 227 cm³/mol. The molecule has 0 bridgehead atoms. The highest BCUT2D eigenvalue weighted by Crippen LogP contribution is 2.62. The van der Waals surface area contributed by atoms with Gasteiger partial charge in [-0.3, -0.25) is 4.90 Å². The Morgan fingerprint density at radius 2 is 1.45 bits per heavy atom. The van der Waals surface area contributed by atoms with Crippen LogP contribution in [0, 0.1) is 40.0 Å². The fourth-order valence-electron chi connectivity index (χ4n) is 9.38. The van der Waals surface area contributed by atoms with Gasteiger partial charge in [-0.15, -0.1) is 0 Å². The van der Waals surface area contributed by atoms with Gasteiger partial charge in [0.15, 0.2) is 17.3 Å². The molecule has 4 aromatic carbocycles. The van der Waals surface area contributed by atoms with Crippen molar-refractivity contribution in [2.45, 2.75) is 125 Å². The SMILES string of the molecule is [2H]C1([2H])c2cc(C)c(C)cc2[C@@]2(C)N=C(c3cc(Oc4cc5c(cc4C)C(C)(C)c4cc(C)cc6c4N5c4ncc(C)cc4O6)cc(C(C)(C)C)c3)O[C@@]12C(C)(C)C. The molecule has 0 saturated carbocycles. The van der Waals surface area contributed by atoms with Crippen molar-refractivity contribution in [2.24, 2.45) is 10.4 Å². The number of benzene rings is 4. The van der Waals surface area contributed by atoms with Crippen molar-refractivity contribution in [3.05, 3.63) is 128 Å². The molecule has 288 valence electrons. The molecule has 0 amide bonds. The zero-order chi connectivity index (χ0) is 41.9. The van der Waals surface area contributed by atoms with Gasteiger partial charge in [-0.25, -0.2) is 9.98 Å². The van der Waals surface area contributed by atoms with Crippen LogP contribution in [0.5, 0.6) is 23.0 Å². The molecule has 0 saturated heterocycles. The number of anilines is 3. The zero-order valence-electron chi connectivity index (χ0n) is 37.4. The summed E-state index contributed by atoms with van der Waals surface area (Å²) in [5.41, 5.74) is 9.62. The van der Waals surface area contributed by atoms with E-state index >= 15 is 0 Å². The molecular formula is C50H55N3O3. The third kappa shape index (κ3) is 5.06. The van der Waals surface area contributed by atoms with Crippen molar-refractivity contribution in [1.82, 2.24) is 4.98 Å². The van der Waals surface area contributed by atoms with E-state index in [9.17, 15) is 2.74 Å². The minimum Gasteiger partial charge on any atom is -0.467 e. The molecule has 6 nitrogen and oxygen atoms in total. The highest BCUT2D eigenvalue weighted by molar-refractivity contribution is 5.98. The fourth-order valence-corrected chi connectivity index (χ4v) is 9.38. The molecule has 0 unspecified atom stereocenters. The topological polar surface area (TPSA) is 56.2 Å². The number of hydrogen-bond acceptors (Lipinski definition) is 6. The lowest BCUT2D eigenvalue weighted by molar-refractivity contribution is -0.0673. The van der Waals surface area contributed by atoms with Crippen molar-refractivity contribution in [3.63, 3.8) is 0 Å². The van der Waals surface area contributed by atoms with Crippen LogP contribution in [0.15, 0.2) is 71.9 Å². The van der Waals surface area contributed by atoms with Gasteiger partial charge in [0.2, 0.25) is 5.90 Å². The summed E-state index contributed by atoms with van der Waals surface area (Å²) in [6.07, 6.45) is 0.0704. The fraction of sp³-hybridized carbons (Fsp3) is 0.400. The first-order valence-corrected chi connectivity index (χ1v) is 19.9. The van der Waals surface area contributed by atoms with E-state index in [1.54, 1.807) is 0 Å². The third-order valence-corrected chi connectivity index (χ3v) is 12.8. The molecule has 4 aliphatic rings. The van der Waals surface area contributed by atoms with Gasteiger partial charge in [-0.1, -0.05) is 73.6 Å². The number of ether oxygens (including phenoxy) is 3. The van der Waals surface area contributed by atoms with Crippen LogP contribution in [0.4, 0.5) is 17.2 Å². The quantitative estimate of drug-likeness (QED) is 0.180. The van der Waals surface area contributed by atoms with Gasteiger partial charge >= 0.3 is 0 Å². The lowest BCUT2D eigenvalue weighted by Crippen LogP contribution is -2.54. The van der Waals surface area contributed by atoms with Crippen LogP contribution >= 0.6 is 0 Å². The maximum absolute atomic E-state index is 9.79. The maximum atomic E-state index is 9.79. The monoisotopic (exact) mass is 747 g/mol. The average Bonchev–Trinajstić information content (AvgIpc) is 3.52. The first-order chi connectivity index (χ1) is 26.9. The summed E-state index contributed by atoms with van der Waals surface area (Å²) < 4.78 is 40.3. The van der Waals surface area contributed by atoms with Crippen molar-refractivity contribution in [1.29, 1.82) is 0 Å². The lowest BCUT2D eigenvalue weighted by Gasteiger charge is -2.45. The van der Waals surface area contributed by atoms with Crippen molar-refractivity contribution in [3.8, 4) is 23.0 Å². The molecule has 0 spiro atoms. The maximum Gasteiger partial charge on any atom is 0.217 e. The smallest absolute Gasteiger partial charge is 0.217 e. The van der Waals surface area contributed by atoms with Crippen LogP contribution in [0.3, 0.4) is 0 Å². The Bertz CT molecular complexity index is 2660. The Morgan fingerprint density at radius 3 is 2.16 bits per heavy atom. The minimum absolute atomic E-state index is 0.237. The van der Waals surface area contributed by atoms with E-state index in [4.69, 9.17) is 24.2 Å². The van der Waals surface area contributed by atoms with Crippen LogP contribution < -0.4 is 14.4 Å². The van der Waals surface area contributed by atoms with Crippen LogP contribution in [0.2, 0.25) is 0 Å². The summed E-state index contributed by atoms with van der Waals surface area (Å²) in [7, 11) is 0. The second kappa shape index (κ2) is 11.5. The van der Waals surface area contributed by atoms with Gasteiger partial charge in [0, 0.05) is 37.8 Å². The van der Waals surface area contributed by atoms with E-state index in [0.29, 0.717) is 17.2 Å². The second-order valence-corrected chi connectivity index (χ2v) is 19.4. The molecule has 4 heterocycles. The van der Waals surface area contributed by atoms with Crippen LogP contribution in [-0.4, -0.2) is 16.5 Å². The number of pyridine rings is 1. The standard InChI is InChI=1S/C50H55N3O3/c1-27-15-38-43-41(16-27)55-42-17-28(2)26-51-44(42)53(43)39-24-40(31(5)20-37(39)48(38,12)13)54-35-22-32(21-34(23-35)46(6,7)8)45-52-49(14)36-19-30(4)29(3)18-33(36)25-50(49,56-45)47(9,10)11/h15-24,26H,25H2,1-14H3/t49-,50-/m1/s1/i25D2. The summed E-state index contributed by atoms with van der Waals surface area (Å²) in [6, 6.07) is 21.2. The van der Waals surface area contributed by atoms with Gasteiger partial charge in [0.05, 0.1) is 11.4 Å². The number of nitrogens with zero attached hydrogens (tertiary/aromatic N) is 3. The van der Waals surface area contributed by atoms with Gasteiger partial charge < -0.3 is 14.2 Å². The summed E-state index contributed by atoms with van der Waals surface area (Å²) in [5, 5.41) is 0. The van der Waals surface area contributed by atoms with Crippen LogP contribution in [0.1, 0.15) is 126 Å². The number of fused-ring (bicyclic) bond motifs is 7. The largest absolute Gasteiger partial charge is 0.467 e. The molecule has 1 aromatic heterocycles. The van der Waals surface area contributed by atoms with E-state index < -0.39 is 22.9 Å².